The van der Waals surface area contributed by atoms with Crippen LogP contribution in [-0.2, 0) is 6.18 Å². The molecule has 0 fully saturated rings. The number of pyridine rings is 1. The third-order valence-electron chi connectivity index (χ3n) is 2.34. The molecule has 0 radical (unpaired) electrons. The van der Waals surface area contributed by atoms with E-state index in [0.717, 1.165) is 28.5 Å². The summed E-state index contributed by atoms with van der Waals surface area (Å²) in [4.78, 5) is 4.40. The molecule has 0 atom stereocenters. The highest BCUT2D eigenvalue weighted by atomic mass is 79.9. The highest BCUT2D eigenvalue weighted by Crippen LogP contribution is 2.33. The smallest absolute Gasteiger partial charge is 0.249 e. The summed E-state index contributed by atoms with van der Waals surface area (Å²) in [6.45, 7) is 0. The summed E-state index contributed by atoms with van der Waals surface area (Å²) in [6.07, 6.45) is -3.61. The molecule has 102 valence electrons. The van der Waals surface area contributed by atoms with Crippen molar-refractivity contribution in [2.45, 2.75) is 16.1 Å². The molecular formula is C13H6BrF3N2S. The molecule has 0 saturated heterocycles. The Hall–Kier alpha value is -1.52. The predicted molar refractivity (Wildman–Crippen MR) is 72.2 cm³/mol. The summed E-state index contributed by atoms with van der Waals surface area (Å²) in [7, 11) is 0. The lowest BCUT2D eigenvalue weighted by Crippen LogP contribution is -2.05. The van der Waals surface area contributed by atoms with Crippen molar-refractivity contribution >= 4 is 27.7 Å². The molecule has 0 aliphatic heterocycles. The van der Waals surface area contributed by atoms with Crippen LogP contribution < -0.4 is 0 Å². The Morgan fingerprint density at radius 2 is 1.95 bits per heavy atom. The van der Waals surface area contributed by atoms with Crippen molar-refractivity contribution in [2.75, 3.05) is 0 Å². The Bertz CT molecular complexity index is 663. The first kappa shape index (κ1) is 14.9. The first-order chi connectivity index (χ1) is 9.40. The summed E-state index contributed by atoms with van der Waals surface area (Å²) >= 11 is 4.40. The van der Waals surface area contributed by atoms with Gasteiger partial charge < -0.3 is 0 Å². The number of alkyl halides is 3. The Balaban J connectivity index is 2.25. The van der Waals surface area contributed by atoms with E-state index in [-0.39, 0.29) is 0 Å². The van der Waals surface area contributed by atoms with Gasteiger partial charge in [-0.25, -0.2) is 4.98 Å². The number of nitrogens with zero attached hydrogens (tertiary/aromatic N) is 2. The molecule has 2 nitrogen and oxygen atoms in total. The average Bonchev–Trinajstić information content (AvgIpc) is 2.40. The molecule has 0 saturated carbocycles. The van der Waals surface area contributed by atoms with Gasteiger partial charge in [-0.3, -0.25) is 0 Å². The second-order valence-electron chi connectivity index (χ2n) is 3.74. The standard InChI is InChI=1S/C13H6BrF3N2S/c14-10-2-3-11(8(5-10)6-18)20-12-4-1-9(7-19-12)13(15,16)17/h1-5,7H. The molecule has 1 aromatic heterocycles. The van der Waals surface area contributed by atoms with E-state index in [2.05, 4.69) is 20.9 Å². The van der Waals surface area contributed by atoms with Gasteiger partial charge in [0.1, 0.15) is 11.1 Å². The number of nitriles is 1. The number of hydrogen-bond acceptors (Lipinski definition) is 3. The van der Waals surface area contributed by atoms with Crippen LogP contribution in [0.2, 0.25) is 0 Å². The minimum Gasteiger partial charge on any atom is -0.249 e. The lowest BCUT2D eigenvalue weighted by molar-refractivity contribution is -0.137. The van der Waals surface area contributed by atoms with Crippen molar-refractivity contribution in [3.8, 4) is 6.07 Å². The summed E-state index contributed by atoms with van der Waals surface area (Å²) < 4.78 is 38.0. The van der Waals surface area contributed by atoms with Gasteiger partial charge in [0.25, 0.3) is 0 Å². The van der Waals surface area contributed by atoms with E-state index in [4.69, 9.17) is 5.26 Å². The second-order valence-corrected chi connectivity index (χ2v) is 5.72. The maximum atomic E-state index is 12.4. The van der Waals surface area contributed by atoms with Crippen molar-refractivity contribution in [1.29, 1.82) is 5.26 Å². The first-order valence-electron chi connectivity index (χ1n) is 5.31. The van der Waals surface area contributed by atoms with E-state index in [0.29, 0.717) is 15.5 Å². The van der Waals surface area contributed by atoms with Crippen molar-refractivity contribution in [2.24, 2.45) is 0 Å². The lowest BCUT2D eigenvalue weighted by Gasteiger charge is -2.07. The van der Waals surface area contributed by atoms with Gasteiger partial charge in [0.05, 0.1) is 11.1 Å². The summed E-state index contributed by atoms with van der Waals surface area (Å²) in [5.74, 6) is 0. The molecule has 1 heterocycles. The van der Waals surface area contributed by atoms with Gasteiger partial charge in [0, 0.05) is 15.6 Å². The fourth-order valence-corrected chi connectivity index (χ4v) is 2.58. The third kappa shape index (κ3) is 3.52. The Morgan fingerprint density at radius 1 is 1.20 bits per heavy atom. The van der Waals surface area contributed by atoms with Gasteiger partial charge >= 0.3 is 6.18 Å². The van der Waals surface area contributed by atoms with Crippen LogP contribution in [-0.4, -0.2) is 4.98 Å². The molecule has 0 bridgehead atoms. The van der Waals surface area contributed by atoms with E-state index >= 15 is 0 Å². The fourth-order valence-electron chi connectivity index (χ4n) is 1.40. The van der Waals surface area contributed by atoms with Gasteiger partial charge in [0.15, 0.2) is 0 Å². The van der Waals surface area contributed by atoms with E-state index < -0.39 is 11.7 Å². The molecule has 20 heavy (non-hydrogen) atoms. The van der Waals surface area contributed by atoms with E-state index in [1.807, 2.05) is 6.07 Å². The van der Waals surface area contributed by atoms with E-state index in [1.165, 1.54) is 6.07 Å². The minimum atomic E-state index is -4.40. The van der Waals surface area contributed by atoms with Crippen molar-refractivity contribution in [3.05, 3.63) is 52.1 Å². The molecule has 1 aromatic carbocycles. The maximum absolute atomic E-state index is 12.4. The Labute approximate surface area is 125 Å². The van der Waals surface area contributed by atoms with Crippen LogP contribution in [0.3, 0.4) is 0 Å². The van der Waals surface area contributed by atoms with Crippen molar-refractivity contribution in [3.63, 3.8) is 0 Å². The topological polar surface area (TPSA) is 36.7 Å². The normalized spacial score (nSPS) is 11.2. The SMILES string of the molecule is N#Cc1cc(Br)ccc1Sc1ccc(C(F)(F)F)cn1. The first-order valence-corrected chi connectivity index (χ1v) is 6.92. The molecule has 7 heteroatoms. The summed E-state index contributed by atoms with van der Waals surface area (Å²) in [6, 6.07) is 9.41. The third-order valence-corrected chi connectivity index (χ3v) is 3.86. The molecule has 0 aliphatic rings. The lowest BCUT2D eigenvalue weighted by atomic mass is 10.2. The van der Waals surface area contributed by atoms with Crippen LogP contribution in [0.25, 0.3) is 0 Å². The van der Waals surface area contributed by atoms with Crippen LogP contribution in [0.1, 0.15) is 11.1 Å². The second kappa shape index (κ2) is 5.85. The maximum Gasteiger partial charge on any atom is 0.417 e. The van der Waals surface area contributed by atoms with Crippen LogP contribution in [0.4, 0.5) is 13.2 Å². The fraction of sp³-hybridized carbons (Fsp3) is 0.0769. The predicted octanol–water partition coefficient (Wildman–Crippen LogP) is 4.89. The van der Waals surface area contributed by atoms with E-state index in [9.17, 15) is 13.2 Å². The van der Waals surface area contributed by atoms with Crippen LogP contribution in [0, 0.1) is 11.3 Å². The molecule has 2 rings (SSSR count). The zero-order valence-electron chi connectivity index (χ0n) is 9.78. The van der Waals surface area contributed by atoms with Crippen LogP contribution in [0.15, 0.2) is 50.9 Å². The minimum absolute atomic E-state index is 0.400. The zero-order valence-corrected chi connectivity index (χ0v) is 12.2. The molecule has 2 aromatic rings. The molecular weight excluding hydrogens is 353 g/mol. The van der Waals surface area contributed by atoms with Crippen molar-refractivity contribution in [1.82, 2.24) is 4.98 Å². The highest BCUT2D eigenvalue weighted by molar-refractivity contribution is 9.10. The molecule has 0 spiro atoms. The average molecular weight is 359 g/mol. The number of halogens is 4. The number of hydrogen-bond donors (Lipinski definition) is 0. The Kier molecular flexibility index (Phi) is 4.35. The number of aromatic nitrogens is 1. The molecule has 0 N–H and O–H groups in total. The summed E-state index contributed by atoms with van der Waals surface area (Å²) in [5, 5.41) is 9.42. The van der Waals surface area contributed by atoms with Gasteiger partial charge in [-0.2, -0.15) is 18.4 Å². The summed E-state index contributed by atoms with van der Waals surface area (Å²) in [5.41, 5.74) is -0.357. The molecule has 0 amide bonds. The van der Waals surface area contributed by atoms with E-state index in [1.54, 1.807) is 18.2 Å². The van der Waals surface area contributed by atoms with Gasteiger partial charge in [-0.05, 0) is 30.3 Å². The van der Waals surface area contributed by atoms with Gasteiger partial charge in [-0.1, -0.05) is 27.7 Å². The zero-order chi connectivity index (χ0) is 14.8. The highest BCUT2D eigenvalue weighted by Gasteiger charge is 2.30. The monoisotopic (exact) mass is 358 g/mol. The quantitative estimate of drug-likeness (QED) is 0.767. The number of rotatable bonds is 2. The largest absolute Gasteiger partial charge is 0.417 e. The molecule has 0 unspecified atom stereocenters. The Morgan fingerprint density at radius 3 is 2.50 bits per heavy atom. The van der Waals surface area contributed by atoms with Gasteiger partial charge in [-0.15, -0.1) is 0 Å². The van der Waals surface area contributed by atoms with Crippen molar-refractivity contribution < 1.29 is 13.2 Å². The van der Waals surface area contributed by atoms with Crippen LogP contribution >= 0.6 is 27.7 Å². The van der Waals surface area contributed by atoms with Gasteiger partial charge in [0.2, 0.25) is 0 Å². The molecule has 0 aliphatic carbocycles. The number of benzene rings is 1. The van der Waals surface area contributed by atoms with Crippen LogP contribution in [0.5, 0.6) is 0 Å².